The number of amides is 1. The van der Waals surface area contributed by atoms with Crippen LogP contribution in [0.4, 0.5) is 5.69 Å². The van der Waals surface area contributed by atoms with Crippen molar-refractivity contribution in [2.45, 2.75) is 19.4 Å². The molecule has 0 aliphatic rings. The van der Waals surface area contributed by atoms with Crippen molar-refractivity contribution < 1.29 is 4.79 Å². The minimum absolute atomic E-state index is 0.103. The lowest BCUT2D eigenvalue weighted by Crippen LogP contribution is -2.35. The second kappa shape index (κ2) is 6.23. The second-order valence-electron chi connectivity index (χ2n) is 4.37. The third kappa shape index (κ3) is 5.91. The van der Waals surface area contributed by atoms with Gasteiger partial charge in [-0.15, -0.1) is 0 Å². The molecule has 1 aromatic heterocycles. The molecule has 3 N–H and O–H groups in total. The smallest absolute Gasteiger partial charge is 0.234 e. The van der Waals surface area contributed by atoms with Gasteiger partial charge in [-0.2, -0.15) is 11.8 Å². The quantitative estimate of drug-likeness (QED) is 0.807. The van der Waals surface area contributed by atoms with E-state index < -0.39 is 0 Å². The van der Waals surface area contributed by atoms with Gasteiger partial charge in [0.05, 0.1) is 11.4 Å². The van der Waals surface area contributed by atoms with Gasteiger partial charge in [0, 0.05) is 17.5 Å². The Morgan fingerprint density at radius 3 is 2.94 bits per heavy atom. The number of nitrogens with one attached hydrogen (secondary N) is 1. The number of thioether (sulfide) groups is 1. The minimum Gasteiger partial charge on any atom is -0.325 e. The molecule has 6 heteroatoms. The zero-order valence-electron chi connectivity index (χ0n) is 9.87. The molecule has 17 heavy (non-hydrogen) atoms. The average Bonchev–Trinajstić information content (AvgIpc) is 2.19. The van der Waals surface area contributed by atoms with E-state index in [1.807, 2.05) is 13.8 Å². The van der Waals surface area contributed by atoms with E-state index in [4.69, 9.17) is 17.3 Å². The summed E-state index contributed by atoms with van der Waals surface area (Å²) in [6.07, 6.45) is 1.57. The first-order valence-corrected chi connectivity index (χ1v) is 6.69. The highest BCUT2D eigenvalue weighted by Crippen LogP contribution is 2.18. The molecule has 4 nitrogen and oxygen atoms in total. The van der Waals surface area contributed by atoms with Gasteiger partial charge < -0.3 is 11.1 Å². The lowest BCUT2D eigenvalue weighted by Gasteiger charge is -2.17. The summed E-state index contributed by atoms with van der Waals surface area (Å²) in [4.78, 5) is 15.5. The molecule has 94 valence electrons. The van der Waals surface area contributed by atoms with E-state index in [0.717, 1.165) is 5.75 Å². The van der Waals surface area contributed by atoms with Crippen LogP contribution in [0.25, 0.3) is 0 Å². The summed E-state index contributed by atoms with van der Waals surface area (Å²) < 4.78 is 0. The van der Waals surface area contributed by atoms with Crippen LogP contribution in [0.15, 0.2) is 18.3 Å². The number of halogens is 1. The average molecular weight is 274 g/mol. The summed E-state index contributed by atoms with van der Waals surface area (Å²) in [5.74, 6) is 0.974. The van der Waals surface area contributed by atoms with E-state index in [9.17, 15) is 4.79 Å². The Kier molecular flexibility index (Phi) is 5.24. The molecule has 1 heterocycles. The number of pyridine rings is 1. The maximum atomic E-state index is 11.6. The van der Waals surface area contributed by atoms with Crippen LogP contribution in [0.2, 0.25) is 5.15 Å². The van der Waals surface area contributed by atoms with Crippen LogP contribution >= 0.6 is 23.4 Å². The molecule has 0 aliphatic carbocycles. The van der Waals surface area contributed by atoms with Crippen LogP contribution in [-0.4, -0.2) is 27.9 Å². The van der Waals surface area contributed by atoms with Crippen LogP contribution in [-0.2, 0) is 4.79 Å². The van der Waals surface area contributed by atoms with Gasteiger partial charge in [0.15, 0.2) is 5.15 Å². The topological polar surface area (TPSA) is 68.0 Å². The van der Waals surface area contributed by atoms with Gasteiger partial charge in [-0.3, -0.25) is 4.79 Å². The van der Waals surface area contributed by atoms with Crippen molar-refractivity contribution in [1.82, 2.24) is 4.98 Å². The summed E-state index contributed by atoms with van der Waals surface area (Å²) >= 11 is 7.32. The number of hydrogen-bond acceptors (Lipinski definition) is 4. The first-order chi connectivity index (χ1) is 7.88. The molecule has 0 bridgehead atoms. The number of anilines is 1. The zero-order chi connectivity index (χ0) is 12.9. The largest absolute Gasteiger partial charge is 0.325 e. The third-order valence-electron chi connectivity index (χ3n) is 1.74. The SMILES string of the molecule is CC(C)(N)CSCC(=O)Nc1cccnc1Cl. The van der Waals surface area contributed by atoms with Gasteiger partial charge in [0.1, 0.15) is 0 Å². The van der Waals surface area contributed by atoms with Crippen molar-refractivity contribution >= 4 is 35.0 Å². The number of nitrogens with two attached hydrogens (primary N) is 1. The van der Waals surface area contributed by atoms with Gasteiger partial charge >= 0.3 is 0 Å². The zero-order valence-corrected chi connectivity index (χ0v) is 11.4. The highest BCUT2D eigenvalue weighted by molar-refractivity contribution is 8.00. The number of rotatable bonds is 5. The molecule has 1 amide bonds. The monoisotopic (exact) mass is 273 g/mol. The van der Waals surface area contributed by atoms with Crippen LogP contribution in [0.5, 0.6) is 0 Å². The minimum atomic E-state index is -0.267. The summed E-state index contributed by atoms with van der Waals surface area (Å²) in [6, 6.07) is 3.43. The molecule has 0 aromatic carbocycles. The van der Waals surface area contributed by atoms with Gasteiger partial charge in [0.25, 0.3) is 0 Å². The van der Waals surface area contributed by atoms with Gasteiger partial charge in [-0.25, -0.2) is 4.98 Å². The first-order valence-electron chi connectivity index (χ1n) is 5.15. The highest BCUT2D eigenvalue weighted by atomic mass is 35.5. The van der Waals surface area contributed by atoms with E-state index in [2.05, 4.69) is 10.3 Å². The molecule has 1 aromatic rings. The fraction of sp³-hybridized carbons (Fsp3) is 0.455. The van der Waals surface area contributed by atoms with Crippen molar-refractivity contribution in [3.63, 3.8) is 0 Å². The number of carbonyl (C=O) groups excluding carboxylic acids is 1. The molecular formula is C11H16ClN3OS. The summed E-state index contributed by atoms with van der Waals surface area (Å²) in [6.45, 7) is 3.85. The molecule has 0 radical (unpaired) electrons. The van der Waals surface area contributed by atoms with E-state index >= 15 is 0 Å². The van der Waals surface area contributed by atoms with Gasteiger partial charge in [0.2, 0.25) is 5.91 Å². The molecule has 0 saturated carbocycles. The molecule has 0 fully saturated rings. The molecule has 0 atom stereocenters. The lowest BCUT2D eigenvalue weighted by molar-refractivity contribution is -0.113. The molecule has 0 unspecified atom stereocenters. The number of hydrogen-bond donors (Lipinski definition) is 2. The Bertz CT molecular complexity index is 393. The molecule has 0 aliphatic heterocycles. The first kappa shape index (κ1) is 14.3. The summed E-state index contributed by atoms with van der Waals surface area (Å²) in [5, 5.41) is 3.00. The van der Waals surface area contributed by atoms with E-state index in [0.29, 0.717) is 16.6 Å². The maximum absolute atomic E-state index is 11.6. The van der Waals surface area contributed by atoms with Crippen molar-refractivity contribution in [2.24, 2.45) is 5.73 Å². The molecule has 0 spiro atoms. The predicted molar refractivity (Wildman–Crippen MR) is 73.5 cm³/mol. The van der Waals surface area contributed by atoms with Crippen LogP contribution in [0.1, 0.15) is 13.8 Å². The van der Waals surface area contributed by atoms with Crippen molar-refractivity contribution in [3.05, 3.63) is 23.5 Å². The van der Waals surface area contributed by atoms with Gasteiger partial charge in [-0.1, -0.05) is 11.6 Å². The normalized spacial score (nSPS) is 11.3. The van der Waals surface area contributed by atoms with E-state index in [1.165, 1.54) is 11.8 Å². The number of carbonyl (C=O) groups is 1. The fourth-order valence-corrected chi connectivity index (χ4v) is 2.12. The molecular weight excluding hydrogens is 258 g/mol. The highest BCUT2D eigenvalue weighted by Gasteiger charge is 2.12. The Hall–Kier alpha value is -0.780. The lowest BCUT2D eigenvalue weighted by atomic mass is 10.1. The standard InChI is InChI=1S/C11H16ClN3OS/c1-11(2,13)7-17-6-9(16)15-8-4-3-5-14-10(8)12/h3-5H,6-7,13H2,1-2H3,(H,15,16). The van der Waals surface area contributed by atoms with Crippen LogP contribution in [0.3, 0.4) is 0 Å². The third-order valence-corrected chi connectivity index (χ3v) is 3.46. The Morgan fingerprint density at radius 1 is 1.65 bits per heavy atom. The van der Waals surface area contributed by atoms with Crippen molar-refractivity contribution in [3.8, 4) is 0 Å². The summed E-state index contributed by atoms with van der Waals surface area (Å²) in [7, 11) is 0. The second-order valence-corrected chi connectivity index (χ2v) is 5.71. The molecule has 0 saturated heterocycles. The van der Waals surface area contributed by atoms with Crippen molar-refractivity contribution in [2.75, 3.05) is 16.8 Å². The van der Waals surface area contributed by atoms with E-state index in [1.54, 1.807) is 18.3 Å². The van der Waals surface area contributed by atoms with Gasteiger partial charge in [-0.05, 0) is 26.0 Å². The Balaban J connectivity index is 2.38. The van der Waals surface area contributed by atoms with Crippen LogP contribution < -0.4 is 11.1 Å². The predicted octanol–water partition coefficient (Wildman–Crippen LogP) is 2.14. The maximum Gasteiger partial charge on any atom is 0.234 e. The summed E-state index contributed by atoms with van der Waals surface area (Å²) in [5.41, 5.74) is 6.08. The number of aromatic nitrogens is 1. The fourth-order valence-electron chi connectivity index (χ4n) is 1.07. The number of nitrogens with zero attached hydrogens (tertiary/aromatic N) is 1. The molecule has 1 rings (SSSR count). The van der Waals surface area contributed by atoms with Crippen LogP contribution in [0, 0.1) is 0 Å². The Labute approximate surface area is 110 Å². The van der Waals surface area contributed by atoms with E-state index in [-0.39, 0.29) is 11.4 Å². The Morgan fingerprint density at radius 2 is 2.35 bits per heavy atom. The van der Waals surface area contributed by atoms with Crippen molar-refractivity contribution in [1.29, 1.82) is 0 Å².